The number of hydrogen-bond acceptors (Lipinski definition) is 7. The van der Waals surface area contributed by atoms with Gasteiger partial charge in [0, 0.05) is 37.3 Å². The van der Waals surface area contributed by atoms with Crippen molar-refractivity contribution in [2.75, 3.05) is 18.0 Å². The maximum Gasteiger partial charge on any atom is 0.225 e. The van der Waals surface area contributed by atoms with Crippen molar-refractivity contribution in [3.8, 4) is 0 Å². The molecule has 2 saturated heterocycles. The first-order valence-electron chi connectivity index (χ1n) is 10.3. The van der Waals surface area contributed by atoms with E-state index in [0.717, 1.165) is 49.8 Å². The zero-order valence-electron chi connectivity index (χ0n) is 16.8. The van der Waals surface area contributed by atoms with E-state index in [0.29, 0.717) is 22.5 Å². The van der Waals surface area contributed by atoms with Crippen molar-refractivity contribution in [3.05, 3.63) is 52.2 Å². The lowest BCUT2D eigenvalue weighted by Crippen LogP contribution is -2.39. The first kappa shape index (κ1) is 19.2. The largest absolute Gasteiger partial charge is 0.340 e. The Kier molecular flexibility index (Phi) is 4.98. The predicted octanol–water partition coefficient (Wildman–Crippen LogP) is 3.90. The number of rotatable bonds is 3. The number of fused-ring (bicyclic) bond motifs is 1. The van der Waals surface area contributed by atoms with E-state index in [4.69, 9.17) is 4.99 Å². The number of ketones is 1. The average Bonchev–Trinajstić information content (AvgIpc) is 3.32. The third-order valence-corrected chi connectivity index (χ3v) is 6.81. The van der Waals surface area contributed by atoms with Crippen molar-refractivity contribution in [1.82, 2.24) is 9.97 Å². The number of benzene rings is 1. The average molecular weight is 419 g/mol. The number of aromatic nitrogens is 2. The number of para-hydroxylation sites is 1. The predicted molar refractivity (Wildman–Crippen MR) is 119 cm³/mol. The molecule has 0 saturated carbocycles. The lowest BCUT2D eigenvalue weighted by molar-refractivity contribution is -0.119. The summed E-state index contributed by atoms with van der Waals surface area (Å²) in [6.07, 6.45) is 6.51. The van der Waals surface area contributed by atoms with Gasteiger partial charge < -0.3 is 4.90 Å². The number of aliphatic imine (C=N–C) groups is 1. The van der Waals surface area contributed by atoms with E-state index in [9.17, 15) is 9.59 Å². The molecule has 7 heteroatoms. The van der Waals surface area contributed by atoms with Crippen LogP contribution in [0, 0.1) is 12.8 Å². The standard InChI is InChI=1S/C23H22N4O2S/c1-14-4-2-5-15-10-18(26-22(14)15)16-6-3-9-27(13-16)23-24-8-7-17(25-23)11-20-19(28)12-21(29)30-20/h2,4-5,7-8,11,16H,3,6,9-10,12-13H2,1H3/b20-11-. The van der Waals surface area contributed by atoms with E-state index in [1.165, 1.54) is 16.8 Å². The number of carbonyl (C=O) groups excluding carboxylic acids is 2. The Morgan fingerprint density at radius 1 is 1.20 bits per heavy atom. The molecule has 6 nitrogen and oxygen atoms in total. The van der Waals surface area contributed by atoms with Crippen molar-refractivity contribution in [2.24, 2.45) is 10.9 Å². The van der Waals surface area contributed by atoms with Gasteiger partial charge in [-0.15, -0.1) is 0 Å². The minimum Gasteiger partial charge on any atom is -0.340 e. The van der Waals surface area contributed by atoms with Gasteiger partial charge in [-0.05, 0) is 54.8 Å². The van der Waals surface area contributed by atoms with Crippen molar-refractivity contribution < 1.29 is 9.59 Å². The van der Waals surface area contributed by atoms with E-state index < -0.39 is 0 Å². The van der Waals surface area contributed by atoms with Gasteiger partial charge in [-0.2, -0.15) is 0 Å². The summed E-state index contributed by atoms with van der Waals surface area (Å²) < 4.78 is 0. The van der Waals surface area contributed by atoms with Crippen LogP contribution in [0.15, 0.2) is 40.4 Å². The van der Waals surface area contributed by atoms with E-state index >= 15 is 0 Å². The molecule has 3 aliphatic rings. The second kappa shape index (κ2) is 7.80. The highest BCUT2D eigenvalue weighted by atomic mass is 32.2. The number of allylic oxidation sites excluding steroid dienone is 1. The molecule has 1 unspecified atom stereocenters. The van der Waals surface area contributed by atoms with E-state index in [-0.39, 0.29) is 17.3 Å². The highest BCUT2D eigenvalue weighted by Gasteiger charge is 2.29. The first-order valence-corrected chi connectivity index (χ1v) is 11.1. The Labute approximate surface area is 179 Å². The smallest absolute Gasteiger partial charge is 0.225 e. The Balaban J connectivity index is 1.34. The van der Waals surface area contributed by atoms with Crippen molar-refractivity contribution >= 4 is 46.1 Å². The first-order chi connectivity index (χ1) is 14.6. The second-order valence-corrected chi connectivity index (χ2v) is 9.11. The molecule has 0 aliphatic carbocycles. The maximum absolute atomic E-state index is 11.9. The highest BCUT2D eigenvalue weighted by molar-refractivity contribution is 8.18. The SMILES string of the molecule is Cc1cccc2c1N=C(C1CCCN(c3nccc(/C=C4\SC(=O)CC4=O)n3)C1)C2. The minimum absolute atomic E-state index is 0.0216. The summed E-state index contributed by atoms with van der Waals surface area (Å²) in [5.41, 5.74) is 5.61. The molecule has 3 aliphatic heterocycles. The molecule has 30 heavy (non-hydrogen) atoms. The number of piperidine rings is 1. The fourth-order valence-electron chi connectivity index (χ4n) is 4.34. The Hall–Kier alpha value is -2.80. The van der Waals surface area contributed by atoms with Crippen LogP contribution < -0.4 is 4.90 Å². The number of Topliss-reactive ketones (excluding diaryl/α,β-unsaturated/α-hetero) is 1. The molecule has 0 N–H and O–H groups in total. The molecule has 152 valence electrons. The van der Waals surface area contributed by atoms with Crippen LogP contribution in [0.25, 0.3) is 6.08 Å². The molecule has 5 rings (SSSR count). The van der Waals surface area contributed by atoms with E-state index in [1.807, 2.05) is 0 Å². The minimum atomic E-state index is -0.127. The van der Waals surface area contributed by atoms with Crippen LogP contribution in [0.3, 0.4) is 0 Å². The van der Waals surface area contributed by atoms with Gasteiger partial charge in [0.2, 0.25) is 11.1 Å². The van der Waals surface area contributed by atoms with Gasteiger partial charge in [-0.25, -0.2) is 9.97 Å². The van der Waals surface area contributed by atoms with Crippen LogP contribution in [0.1, 0.15) is 36.1 Å². The summed E-state index contributed by atoms with van der Waals surface area (Å²) in [4.78, 5) is 40.2. The zero-order chi connectivity index (χ0) is 20.7. The Morgan fingerprint density at radius 3 is 2.90 bits per heavy atom. The van der Waals surface area contributed by atoms with E-state index in [2.05, 4.69) is 40.0 Å². The van der Waals surface area contributed by atoms with Gasteiger partial charge in [0.05, 0.1) is 22.7 Å². The van der Waals surface area contributed by atoms with Gasteiger partial charge in [-0.3, -0.25) is 14.6 Å². The van der Waals surface area contributed by atoms with Gasteiger partial charge >= 0.3 is 0 Å². The summed E-state index contributed by atoms with van der Waals surface area (Å²) in [6, 6.07) is 8.17. The van der Waals surface area contributed by atoms with Gasteiger partial charge in [-0.1, -0.05) is 18.2 Å². The molecule has 2 fully saturated rings. The highest BCUT2D eigenvalue weighted by Crippen LogP contribution is 2.35. The van der Waals surface area contributed by atoms with Crippen LogP contribution in [0.2, 0.25) is 0 Å². The quantitative estimate of drug-likeness (QED) is 0.556. The number of thioether (sulfide) groups is 1. The third kappa shape index (κ3) is 3.69. The number of hydrogen-bond donors (Lipinski definition) is 0. The summed E-state index contributed by atoms with van der Waals surface area (Å²) in [6.45, 7) is 3.87. The van der Waals surface area contributed by atoms with E-state index in [1.54, 1.807) is 18.3 Å². The van der Waals surface area contributed by atoms with Crippen LogP contribution in [-0.4, -0.2) is 39.7 Å². The molecule has 0 amide bonds. The normalized spacial score (nSPS) is 22.6. The summed E-state index contributed by atoms with van der Waals surface area (Å²) in [5.74, 6) is 0.932. The molecule has 2 aromatic rings. The molecular weight excluding hydrogens is 396 g/mol. The molecule has 0 spiro atoms. The topological polar surface area (TPSA) is 75.5 Å². The summed E-state index contributed by atoms with van der Waals surface area (Å²) in [5, 5.41) is -0.104. The molecule has 1 aromatic heterocycles. The zero-order valence-corrected chi connectivity index (χ0v) is 17.6. The van der Waals surface area contributed by atoms with Crippen LogP contribution >= 0.6 is 11.8 Å². The third-order valence-electron chi connectivity index (χ3n) is 5.87. The molecule has 4 heterocycles. The number of nitrogens with zero attached hydrogens (tertiary/aromatic N) is 4. The van der Waals surface area contributed by atoms with Gasteiger partial charge in [0.1, 0.15) is 0 Å². The lowest BCUT2D eigenvalue weighted by Gasteiger charge is -2.33. The Morgan fingerprint density at radius 2 is 2.10 bits per heavy atom. The lowest BCUT2D eigenvalue weighted by atomic mass is 9.91. The molecule has 0 bridgehead atoms. The monoisotopic (exact) mass is 418 g/mol. The fourth-order valence-corrected chi connectivity index (χ4v) is 5.15. The molecule has 0 radical (unpaired) electrons. The van der Waals surface area contributed by atoms with Crippen LogP contribution in [-0.2, 0) is 16.0 Å². The van der Waals surface area contributed by atoms with Crippen molar-refractivity contribution in [1.29, 1.82) is 0 Å². The molecular formula is C23H22N4O2S. The summed E-state index contributed by atoms with van der Waals surface area (Å²) in [7, 11) is 0. The van der Waals surface area contributed by atoms with Crippen LogP contribution in [0.5, 0.6) is 0 Å². The second-order valence-electron chi connectivity index (χ2n) is 8.01. The van der Waals surface area contributed by atoms with Gasteiger partial charge in [0.15, 0.2) is 5.78 Å². The molecule has 1 atom stereocenters. The summed E-state index contributed by atoms with van der Waals surface area (Å²) >= 11 is 1.01. The molecule has 1 aromatic carbocycles. The number of aryl methyl sites for hydroxylation is 1. The van der Waals surface area contributed by atoms with Crippen molar-refractivity contribution in [2.45, 2.75) is 32.6 Å². The fraction of sp³-hybridized carbons (Fsp3) is 0.348. The Bertz CT molecular complexity index is 1110. The number of anilines is 1. The van der Waals surface area contributed by atoms with Gasteiger partial charge in [0.25, 0.3) is 0 Å². The maximum atomic E-state index is 11.9. The van der Waals surface area contributed by atoms with Crippen LogP contribution in [0.4, 0.5) is 11.6 Å². The number of carbonyl (C=O) groups is 2. The van der Waals surface area contributed by atoms with Crippen molar-refractivity contribution in [3.63, 3.8) is 0 Å².